The molecule has 172 valence electrons. The Morgan fingerprint density at radius 3 is 1.76 bits per heavy atom. The highest BCUT2D eigenvalue weighted by Crippen LogP contribution is 2.48. The van der Waals surface area contributed by atoms with Crippen LogP contribution in [0.5, 0.6) is 0 Å². The Bertz CT molecular complexity index is 1340. The Balaban J connectivity index is 2.10. The zero-order chi connectivity index (χ0) is 24.4. The van der Waals surface area contributed by atoms with Crippen molar-refractivity contribution in [2.45, 2.75) is 11.8 Å². The fourth-order valence-corrected chi connectivity index (χ4v) is 6.72. The first-order valence-corrected chi connectivity index (χ1v) is 12.4. The van der Waals surface area contributed by atoms with Gasteiger partial charge in [-0.1, -0.05) is 17.7 Å². The molecule has 0 fully saturated rings. The third kappa shape index (κ3) is 5.17. The number of anilines is 2. The first-order valence-electron chi connectivity index (χ1n) is 9.20. The third-order valence-corrected chi connectivity index (χ3v) is 8.72. The summed E-state index contributed by atoms with van der Waals surface area (Å²) in [5, 5.41) is 24.3. The molecular formula is C19H18N5O7PS. The molecule has 0 aliphatic rings. The van der Waals surface area contributed by atoms with Gasteiger partial charge in [-0.05, 0) is 43.3 Å². The lowest BCUT2D eigenvalue weighted by Crippen LogP contribution is -2.34. The van der Waals surface area contributed by atoms with Gasteiger partial charge in [0.15, 0.2) is 0 Å². The average molecular weight is 491 g/mol. The Morgan fingerprint density at radius 2 is 1.30 bits per heavy atom. The van der Waals surface area contributed by atoms with Crippen LogP contribution in [0.1, 0.15) is 5.56 Å². The molecule has 1 unspecified atom stereocenters. The molecule has 0 heterocycles. The third-order valence-electron chi connectivity index (χ3n) is 4.47. The van der Waals surface area contributed by atoms with E-state index in [1.165, 1.54) is 24.3 Å². The number of hydrogen-bond donors (Lipinski definition) is 2. The van der Waals surface area contributed by atoms with E-state index in [9.17, 15) is 33.2 Å². The van der Waals surface area contributed by atoms with Crippen LogP contribution in [0, 0.1) is 27.2 Å². The van der Waals surface area contributed by atoms with E-state index in [0.29, 0.717) is 4.08 Å². The predicted molar refractivity (Wildman–Crippen MR) is 122 cm³/mol. The number of nitrogens with two attached hydrogens (primary N) is 1. The maximum absolute atomic E-state index is 13.6. The summed E-state index contributed by atoms with van der Waals surface area (Å²) in [5.41, 5.74) is 6.14. The highest BCUT2D eigenvalue weighted by atomic mass is 32.2. The van der Waals surface area contributed by atoms with Crippen molar-refractivity contribution in [2.24, 2.45) is 5.50 Å². The van der Waals surface area contributed by atoms with Gasteiger partial charge in [0.25, 0.3) is 21.4 Å². The molecule has 1 atom stereocenters. The van der Waals surface area contributed by atoms with Crippen molar-refractivity contribution in [3.8, 4) is 0 Å². The number of nitrogens with one attached hydrogen (secondary N) is 1. The molecule has 0 radical (unpaired) electrons. The second-order valence-electron chi connectivity index (χ2n) is 6.87. The van der Waals surface area contributed by atoms with Gasteiger partial charge in [-0.2, -0.15) is 4.08 Å². The van der Waals surface area contributed by atoms with Crippen molar-refractivity contribution >= 4 is 40.4 Å². The lowest BCUT2D eigenvalue weighted by atomic mass is 10.2. The molecule has 0 saturated heterocycles. The second-order valence-corrected chi connectivity index (χ2v) is 10.8. The van der Waals surface area contributed by atoms with Crippen LogP contribution in [-0.2, 0) is 14.6 Å². The topological polar surface area (TPSA) is 179 Å². The summed E-state index contributed by atoms with van der Waals surface area (Å²) >= 11 is 0. The molecule has 0 aliphatic carbocycles. The van der Waals surface area contributed by atoms with Gasteiger partial charge in [-0.3, -0.25) is 24.8 Å². The van der Waals surface area contributed by atoms with Crippen molar-refractivity contribution in [3.05, 3.63) is 98.6 Å². The van der Waals surface area contributed by atoms with Gasteiger partial charge in [-0.25, -0.2) is 13.9 Å². The average Bonchev–Trinajstić information content (AvgIpc) is 2.74. The van der Waals surface area contributed by atoms with Crippen LogP contribution in [0.3, 0.4) is 0 Å². The zero-order valence-corrected chi connectivity index (χ0v) is 18.8. The Labute approximate surface area is 188 Å². The van der Waals surface area contributed by atoms with Crippen molar-refractivity contribution < 1.29 is 22.8 Å². The molecule has 3 rings (SSSR count). The molecule has 0 bridgehead atoms. The highest BCUT2D eigenvalue weighted by molar-refractivity contribution is 8.01. The smallest absolute Gasteiger partial charge is 0.308 e. The predicted octanol–water partition coefficient (Wildman–Crippen LogP) is 4.19. The fourth-order valence-electron chi connectivity index (χ4n) is 2.87. The normalized spacial score (nSPS) is 13.0. The molecule has 33 heavy (non-hydrogen) atoms. The van der Waals surface area contributed by atoms with E-state index in [1.807, 2.05) is 0 Å². The number of hydrogen-bond acceptors (Lipinski definition) is 7. The van der Waals surface area contributed by atoms with Crippen molar-refractivity contribution in [2.75, 3.05) is 9.16 Å². The summed E-state index contributed by atoms with van der Waals surface area (Å²) in [4.78, 5) is 20.3. The SMILES string of the molecule is Cc1ccc(S(=O)(=O)N(c2ccc([N+](=O)[O-])cc2)P(N)(=O)Nc2ccc([N+](=O)[O-])cc2)cc1. The first-order chi connectivity index (χ1) is 15.4. The van der Waals surface area contributed by atoms with Crippen LogP contribution in [0.4, 0.5) is 22.7 Å². The molecule has 0 aromatic heterocycles. The van der Waals surface area contributed by atoms with Gasteiger partial charge in [0, 0.05) is 30.0 Å². The van der Waals surface area contributed by atoms with Gasteiger partial charge in [0.2, 0.25) is 0 Å². The molecule has 3 aromatic rings. The number of nitro benzene ring substituents is 2. The molecule has 0 saturated carbocycles. The number of rotatable bonds is 8. The number of nitro groups is 2. The van der Waals surface area contributed by atoms with Crippen LogP contribution < -0.4 is 14.7 Å². The maximum atomic E-state index is 13.6. The minimum Gasteiger partial charge on any atom is -0.308 e. The van der Waals surface area contributed by atoms with Gasteiger partial charge >= 0.3 is 7.59 Å². The van der Waals surface area contributed by atoms with Gasteiger partial charge in [0.05, 0.1) is 20.4 Å². The minimum absolute atomic E-state index is 0.0671. The van der Waals surface area contributed by atoms with Crippen molar-refractivity contribution in [1.29, 1.82) is 0 Å². The maximum Gasteiger partial charge on any atom is 0.341 e. The molecule has 0 spiro atoms. The number of sulfonamides is 1. The minimum atomic E-state index is -4.50. The molecule has 12 nitrogen and oxygen atoms in total. The quantitative estimate of drug-likeness (QED) is 0.265. The van der Waals surface area contributed by atoms with E-state index >= 15 is 0 Å². The van der Waals surface area contributed by atoms with Crippen molar-refractivity contribution in [1.82, 2.24) is 0 Å². The van der Waals surface area contributed by atoms with Gasteiger partial charge in [-0.15, -0.1) is 0 Å². The van der Waals surface area contributed by atoms with Crippen LogP contribution in [0.2, 0.25) is 0 Å². The number of aryl methyl sites for hydroxylation is 1. The number of nitrogens with zero attached hydrogens (tertiary/aromatic N) is 3. The van der Waals surface area contributed by atoms with E-state index < -0.39 is 27.5 Å². The van der Waals surface area contributed by atoms with E-state index in [1.54, 1.807) is 19.1 Å². The summed E-state index contributed by atoms with van der Waals surface area (Å²) in [6.07, 6.45) is 0. The summed E-state index contributed by atoms with van der Waals surface area (Å²) in [7, 11) is -8.97. The van der Waals surface area contributed by atoms with E-state index in [-0.39, 0.29) is 27.6 Å². The van der Waals surface area contributed by atoms with Gasteiger partial charge < -0.3 is 5.09 Å². The van der Waals surface area contributed by atoms with Crippen molar-refractivity contribution in [3.63, 3.8) is 0 Å². The number of non-ortho nitro benzene ring substituents is 2. The molecular weight excluding hydrogens is 473 g/mol. The van der Waals surface area contributed by atoms with Crippen LogP contribution >= 0.6 is 7.59 Å². The van der Waals surface area contributed by atoms with E-state index in [2.05, 4.69) is 5.09 Å². The van der Waals surface area contributed by atoms with Crippen LogP contribution in [-0.4, -0.2) is 18.3 Å². The summed E-state index contributed by atoms with van der Waals surface area (Å²) < 4.78 is 40.9. The largest absolute Gasteiger partial charge is 0.341 e. The van der Waals surface area contributed by atoms with E-state index in [0.717, 1.165) is 42.0 Å². The Hall–Kier alpha value is -3.80. The Morgan fingerprint density at radius 1 is 0.848 bits per heavy atom. The summed E-state index contributed by atoms with van der Waals surface area (Å²) in [5.74, 6) is 0. The molecule has 0 aliphatic heterocycles. The molecule has 14 heteroatoms. The summed E-state index contributed by atoms with van der Waals surface area (Å²) in [6, 6.07) is 14.8. The molecule has 0 amide bonds. The first kappa shape index (κ1) is 23.9. The Kier molecular flexibility index (Phi) is 6.49. The zero-order valence-electron chi connectivity index (χ0n) is 17.1. The lowest BCUT2D eigenvalue weighted by Gasteiger charge is -2.30. The highest BCUT2D eigenvalue weighted by Gasteiger charge is 2.38. The van der Waals surface area contributed by atoms with Gasteiger partial charge in [0.1, 0.15) is 0 Å². The summed E-state index contributed by atoms with van der Waals surface area (Å²) in [6.45, 7) is 1.76. The molecule has 3 aromatic carbocycles. The second kappa shape index (κ2) is 8.98. The lowest BCUT2D eigenvalue weighted by molar-refractivity contribution is -0.385. The van der Waals surface area contributed by atoms with E-state index in [4.69, 9.17) is 5.50 Å². The monoisotopic (exact) mass is 491 g/mol. The fraction of sp³-hybridized carbons (Fsp3) is 0.0526. The van der Waals surface area contributed by atoms with Crippen LogP contribution in [0.15, 0.2) is 77.7 Å². The molecule has 3 N–H and O–H groups in total. The standard InChI is InChI=1S/C19H18N5O7PS/c1-14-2-12-19(13-3-14)33(30,31)24(18-10-8-17(9-11-18)23(27)28)32(20,29)21-15-4-6-16(7-5-15)22(25)26/h2-13H,1H3,(H3,20,21,29). The number of benzene rings is 3. The van der Waals surface area contributed by atoms with Crippen LogP contribution in [0.25, 0.3) is 0 Å².